The summed E-state index contributed by atoms with van der Waals surface area (Å²) in [5.74, 6) is 0.669. The maximum Gasteiger partial charge on any atom is 0.254 e. The lowest BCUT2D eigenvalue weighted by molar-refractivity contribution is 0.812. The highest BCUT2D eigenvalue weighted by Gasteiger charge is 2.15. The first-order valence-corrected chi connectivity index (χ1v) is 8.00. The minimum Gasteiger partial charge on any atom is -0.350 e. The van der Waals surface area contributed by atoms with Crippen LogP contribution >= 0.6 is 0 Å². The first-order chi connectivity index (χ1) is 11.2. The number of hydrogen-bond acceptors (Lipinski definition) is 3. The number of para-hydroxylation sites is 1. The maximum absolute atomic E-state index is 4.71. The lowest BCUT2D eigenvalue weighted by atomic mass is 10.1. The van der Waals surface area contributed by atoms with Crippen LogP contribution in [0.25, 0.3) is 27.9 Å². The summed E-state index contributed by atoms with van der Waals surface area (Å²) in [6.45, 7) is 4.25. The highest BCUT2D eigenvalue weighted by molar-refractivity contribution is 5.95. The fourth-order valence-electron chi connectivity index (χ4n) is 3.27. The standard InChI is InChI=1S/C18H19N5/c1-4-14-16(5-2)23-11-15(19-18(23)21-20-14)13-10-22(3)17-9-7-6-8-12(13)17/h6-11H,4-5H2,1-3H3. The number of benzene rings is 1. The molecule has 0 saturated carbocycles. The van der Waals surface area contributed by atoms with Crippen LogP contribution < -0.4 is 0 Å². The lowest BCUT2D eigenvalue weighted by Crippen LogP contribution is -2.05. The Labute approximate surface area is 134 Å². The minimum absolute atomic E-state index is 0.669. The van der Waals surface area contributed by atoms with E-state index in [1.54, 1.807) is 0 Å². The zero-order valence-electron chi connectivity index (χ0n) is 13.6. The molecule has 0 radical (unpaired) electrons. The van der Waals surface area contributed by atoms with Crippen LogP contribution in [0.3, 0.4) is 0 Å². The SMILES string of the molecule is CCc1nnc2nc(-c3cn(C)c4ccccc34)cn2c1CC. The predicted octanol–water partition coefficient (Wildman–Crippen LogP) is 3.41. The van der Waals surface area contributed by atoms with E-state index in [2.05, 4.69) is 76.7 Å². The van der Waals surface area contributed by atoms with Crippen molar-refractivity contribution >= 4 is 16.7 Å². The smallest absolute Gasteiger partial charge is 0.254 e. The Morgan fingerprint density at radius 2 is 1.83 bits per heavy atom. The molecule has 0 spiro atoms. The number of nitrogens with zero attached hydrogens (tertiary/aromatic N) is 5. The fourth-order valence-corrected chi connectivity index (χ4v) is 3.27. The first-order valence-electron chi connectivity index (χ1n) is 8.00. The Balaban J connectivity index is 1.99. The van der Waals surface area contributed by atoms with E-state index >= 15 is 0 Å². The average Bonchev–Trinajstić information content (AvgIpc) is 3.15. The Kier molecular flexibility index (Phi) is 3.15. The van der Waals surface area contributed by atoms with Crippen molar-refractivity contribution in [3.63, 3.8) is 0 Å². The van der Waals surface area contributed by atoms with E-state index in [9.17, 15) is 0 Å². The van der Waals surface area contributed by atoms with Gasteiger partial charge in [-0.25, -0.2) is 4.98 Å². The Morgan fingerprint density at radius 1 is 1.00 bits per heavy atom. The molecule has 0 atom stereocenters. The lowest BCUT2D eigenvalue weighted by Gasteiger charge is -2.05. The summed E-state index contributed by atoms with van der Waals surface area (Å²) in [7, 11) is 2.06. The normalized spacial score (nSPS) is 11.6. The zero-order valence-corrected chi connectivity index (χ0v) is 13.6. The quantitative estimate of drug-likeness (QED) is 0.583. The average molecular weight is 305 g/mol. The predicted molar refractivity (Wildman–Crippen MR) is 91.5 cm³/mol. The third-order valence-corrected chi connectivity index (χ3v) is 4.41. The van der Waals surface area contributed by atoms with Crippen LogP contribution in [0, 0.1) is 0 Å². The summed E-state index contributed by atoms with van der Waals surface area (Å²) < 4.78 is 4.22. The highest BCUT2D eigenvalue weighted by Crippen LogP contribution is 2.29. The van der Waals surface area contributed by atoms with E-state index in [0.717, 1.165) is 29.8 Å². The molecule has 3 aromatic heterocycles. The van der Waals surface area contributed by atoms with Gasteiger partial charge in [-0.1, -0.05) is 32.0 Å². The van der Waals surface area contributed by atoms with Crippen molar-refractivity contribution < 1.29 is 0 Å². The number of hydrogen-bond donors (Lipinski definition) is 0. The van der Waals surface area contributed by atoms with Crippen molar-refractivity contribution in [2.45, 2.75) is 26.7 Å². The number of rotatable bonds is 3. The van der Waals surface area contributed by atoms with Crippen molar-refractivity contribution in [1.29, 1.82) is 0 Å². The monoisotopic (exact) mass is 305 g/mol. The Hall–Kier alpha value is -2.69. The molecule has 4 rings (SSSR count). The second kappa shape index (κ2) is 5.19. The van der Waals surface area contributed by atoms with Gasteiger partial charge in [-0.3, -0.25) is 4.40 Å². The molecule has 1 aromatic carbocycles. The highest BCUT2D eigenvalue weighted by atomic mass is 15.2. The molecule has 0 amide bonds. The van der Waals surface area contributed by atoms with E-state index in [4.69, 9.17) is 4.98 Å². The molecule has 0 fully saturated rings. The molecule has 0 bridgehead atoms. The molecule has 0 aliphatic rings. The summed E-state index contributed by atoms with van der Waals surface area (Å²) in [4.78, 5) is 4.71. The van der Waals surface area contributed by atoms with Gasteiger partial charge >= 0.3 is 0 Å². The minimum atomic E-state index is 0.669. The molecule has 116 valence electrons. The molecule has 5 nitrogen and oxygen atoms in total. The zero-order chi connectivity index (χ0) is 16.0. The molecule has 0 unspecified atom stereocenters. The van der Waals surface area contributed by atoms with Crippen molar-refractivity contribution in [3.05, 3.63) is 48.0 Å². The summed E-state index contributed by atoms with van der Waals surface area (Å²) >= 11 is 0. The van der Waals surface area contributed by atoms with E-state index < -0.39 is 0 Å². The molecule has 4 aromatic rings. The number of aromatic nitrogens is 5. The summed E-state index contributed by atoms with van der Waals surface area (Å²) in [5.41, 5.74) is 5.52. The summed E-state index contributed by atoms with van der Waals surface area (Å²) in [5, 5.41) is 9.83. The van der Waals surface area contributed by atoms with Crippen LogP contribution in [0.4, 0.5) is 0 Å². The number of aryl methyl sites for hydroxylation is 3. The van der Waals surface area contributed by atoms with Crippen LogP contribution in [0.1, 0.15) is 25.2 Å². The molecule has 23 heavy (non-hydrogen) atoms. The van der Waals surface area contributed by atoms with Crippen molar-refractivity contribution in [2.24, 2.45) is 7.05 Å². The second-order valence-electron chi connectivity index (χ2n) is 5.77. The topological polar surface area (TPSA) is 48.0 Å². The first kappa shape index (κ1) is 13.9. The summed E-state index contributed by atoms with van der Waals surface area (Å²) in [6, 6.07) is 8.39. The van der Waals surface area contributed by atoms with Crippen LogP contribution in [0.2, 0.25) is 0 Å². The van der Waals surface area contributed by atoms with E-state index in [1.807, 2.05) is 0 Å². The molecule has 5 heteroatoms. The van der Waals surface area contributed by atoms with Crippen LogP contribution in [0.15, 0.2) is 36.7 Å². The second-order valence-corrected chi connectivity index (χ2v) is 5.77. The van der Waals surface area contributed by atoms with Gasteiger partial charge in [0.15, 0.2) is 0 Å². The molecule has 0 saturated heterocycles. The largest absolute Gasteiger partial charge is 0.350 e. The number of imidazole rings is 1. The van der Waals surface area contributed by atoms with Crippen molar-refractivity contribution in [1.82, 2.24) is 24.1 Å². The van der Waals surface area contributed by atoms with Crippen molar-refractivity contribution in [2.75, 3.05) is 0 Å². The third-order valence-electron chi connectivity index (χ3n) is 4.41. The fraction of sp³-hybridized carbons (Fsp3) is 0.278. The molecule has 0 aliphatic carbocycles. The Bertz CT molecular complexity index is 1010. The van der Waals surface area contributed by atoms with Crippen LogP contribution in [0.5, 0.6) is 0 Å². The third kappa shape index (κ3) is 2.04. The Morgan fingerprint density at radius 3 is 2.61 bits per heavy atom. The van der Waals surface area contributed by atoms with E-state index in [1.165, 1.54) is 16.6 Å². The van der Waals surface area contributed by atoms with E-state index in [-0.39, 0.29) is 0 Å². The van der Waals surface area contributed by atoms with Crippen LogP contribution in [-0.2, 0) is 19.9 Å². The van der Waals surface area contributed by atoms with Gasteiger partial charge in [0.05, 0.1) is 11.4 Å². The molecular formula is C18H19N5. The van der Waals surface area contributed by atoms with Gasteiger partial charge in [0.2, 0.25) is 0 Å². The van der Waals surface area contributed by atoms with Crippen LogP contribution in [-0.4, -0.2) is 24.1 Å². The van der Waals surface area contributed by atoms with E-state index in [0.29, 0.717) is 5.78 Å². The van der Waals surface area contributed by atoms with Gasteiger partial charge in [0.1, 0.15) is 0 Å². The van der Waals surface area contributed by atoms with Gasteiger partial charge in [-0.15, -0.1) is 5.10 Å². The molecule has 0 N–H and O–H groups in total. The van der Waals surface area contributed by atoms with Gasteiger partial charge in [0.25, 0.3) is 5.78 Å². The van der Waals surface area contributed by atoms with Crippen molar-refractivity contribution in [3.8, 4) is 11.3 Å². The maximum atomic E-state index is 4.71. The molecule has 3 heterocycles. The number of fused-ring (bicyclic) bond motifs is 2. The van der Waals surface area contributed by atoms with Gasteiger partial charge in [0, 0.05) is 41.6 Å². The molecular weight excluding hydrogens is 286 g/mol. The van der Waals surface area contributed by atoms with Gasteiger partial charge in [-0.05, 0) is 18.9 Å². The van der Waals surface area contributed by atoms with Gasteiger partial charge in [-0.2, -0.15) is 5.10 Å². The van der Waals surface area contributed by atoms with Gasteiger partial charge < -0.3 is 4.57 Å². The summed E-state index contributed by atoms with van der Waals surface area (Å²) in [6.07, 6.45) is 6.02. The molecule has 0 aliphatic heterocycles.